The second-order valence-corrected chi connectivity index (χ2v) is 19.1. The number of hydrogen-bond donors (Lipinski definition) is 4. The second-order valence-electron chi connectivity index (χ2n) is 19.1. The molecule has 4 N–H and O–H groups in total. The average Bonchev–Trinajstić information content (AvgIpc) is 3.26. The van der Waals surface area contributed by atoms with Crippen molar-refractivity contribution in [1.82, 2.24) is 5.32 Å². The molecule has 0 aromatic heterocycles. The van der Waals surface area contributed by atoms with Gasteiger partial charge in [-0.15, -0.1) is 0 Å². The molecular weight excluding hydrogens is 751 g/mol. The number of rotatable bonds is 51. The van der Waals surface area contributed by atoms with E-state index in [9.17, 15) is 20.1 Å². The van der Waals surface area contributed by atoms with Crippen molar-refractivity contribution in [3.05, 3.63) is 24.3 Å². The lowest BCUT2D eigenvalue weighted by Gasteiger charge is -2.21. The van der Waals surface area contributed by atoms with E-state index in [1.165, 1.54) is 250 Å². The van der Waals surface area contributed by atoms with Gasteiger partial charge in [-0.25, -0.2) is 0 Å². The first kappa shape index (κ1) is 59.8. The van der Waals surface area contributed by atoms with Gasteiger partial charge in [0.1, 0.15) is 6.10 Å². The fourth-order valence-electron chi connectivity index (χ4n) is 8.71. The molecule has 3 atom stereocenters. The van der Waals surface area contributed by atoms with Gasteiger partial charge >= 0.3 is 0 Å². The minimum atomic E-state index is -1.10. The van der Waals surface area contributed by atoms with Crippen molar-refractivity contribution in [2.75, 3.05) is 6.61 Å². The average molecular weight is 860 g/mol. The Morgan fingerprint density at radius 3 is 0.951 bits per heavy atom. The van der Waals surface area contributed by atoms with Crippen LogP contribution in [0.3, 0.4) is 0 Å². The molecule has 0 aliphatic heterocycles. The highest BCUT2D eigenvalue weighted by molar-refractivity contribution is 5.80. The van der Waals surface area contributed by atoms with Crippen LogP contribution in [0, 0.1) is 0 Å². The van der Waals surface area contributed by atoms with Crippen LogP contribution in [0.4, 0.5) is 0 Å². The third-order valence-corrected chi connectivity index (χ3v) is 13.0. The van der Waals surface area contributed by atoms with E-state index >= 15 is 0 Å². The Hall–Kier alpha value is -1.17. The van der Waals surface area contributed by atoms with Crippen LogP contribution in [-0.2, 0) is 4.79 Å². The number of aliphatic hydroxyl groups excluding tert-OH is 3. The van der Waals surface area contributed by atoms with Crippen LogP contribution in [0.15, 0.2) is 24.3 Å². The van der Waals surface area contributed by atoms with Crippen LogP contribution >= 0.6 is 0 Å². The standard InChI is InChI=1S/C56H109NO4/c1-3-5-7-9-11-13-15-17-19-21-23-25-27-29-31-33-35-37-39-41-43-45-47-49-51-55(60)56(61)57-53(52-58)54(59)50-48-46-44-42-40-38-36-34-32-30-28-26-24-22-20-18-16-14-12-10-8-6-4-2/h29,31,48,50,53-55,58-60H,3-28,30,32-47,49,51-52H2,1-2H3,(H,57,61)/b31-29-,50-48+. The van der Waals surface area contributed by atoms with Crippen LogP contribution in [0.25, 0.3) is 0 Å². The maximum Gasteiger partial charge on any atom is 0.249 e. The molecule has 0 saturated heterocycles. The summed E-state index contributed by atoms with van der Waals surface area (Å²) in [5, 5.41) is 33.4. The fraction of sp³-hybridized carbons (Fsp3) is 0.911. The molecule has 0 aromatic carbocycles. The number of unbranched alkanes of at least 4 members (excludes halogenated alkanes) is 41. The molecule has 5 nitrogen and oxygen atoms in total. The molecular formula is C56H109NO4. The molecule has 362 valence electrons. The van der Waals surface area contributed by atoms with Crippen LogP contribution in [-0.4, -0.2) is 46.1 Å². The quantitative estimate of drug-likeness (QED) is 0.0362. The first-order valence-corrected chi connectivity index (χ1v) is 27.7. The lowest BCUT2D eigenvalue weighted by molar-refractivity contribution is -0.131. The Morgan fingerprint density at radius 1 is 0.393 bits per heavy atom. The Bertz CT molecular complexity index is 905. The van der Waals surface area contributed by atoms with Crippen LogP contribution in [0.5, 0.6) is 0 Å². The van der Waals surface area contributed by atoms with Crippen LogP contribution < -0.4 is 5.32 Å². The molecule has 0 fully saturated rings. The smallest absolute Gasteiger partial charge is 0.249 e. The molecule has 0 spiro atoms. The van der Waals surface area contributed by atoms with Gasteiger partial charge in [0.05, 0.1) is 18.8 Å². The van der Waals surface area contributed by atoms with E-state index in [0.717, 1.165) is 32.1 Å². The van der Waals surface area contributed by atoms with Crippen molar-refractivity contribution in [3.8, 4) is 0 Å². The normalized spacial score (nSPS) is 13.5. The van der Waals surface area contributed by atoms with E-state index in [1.54, 1.807) is 6.08 Å². The third kappa shape index (κ3) is 46.6. The summed E-state index contributed by atoms with van der Waals surface area (Å²) in [6.07, 6.45) is 65.3. The van der Waals surface area contributed by atoms with Gasteiger partial charge in [-0.3, -0.25) is 4.79 Å². The fourth-order valence-corrected chi connectivity index (χ4v) is 8.71. The number of carbonyl (C=O) groups excluding carboxylic acids is 1. The molecule has 61 heavy (non-hydrogen) atoms. The van der Waals surface area contributed by atoms with Crippen molar-refractivity contribution in [3.63, 3.8) is 0 Å². The highest BCUT2D eigenvalue weighted by Crippen LogP contribution is 2.17. The van der Waals surface area contributed by atoms with E-state index in [0.29, 0.717) is 6.42 Å². The number of carbonyl (C=O) groups is 1. The Balaban J connectivity index is 3.58. The molecule has 5 heteroatoms. The minimum absolute atomic E-state index is 0.362. The zero-order valence-corrected chi connectivity index (χ0v) is 41.3. The molecule has 0 aliphatic carbocycles. The van der Waals surface area contributed by atoms with E-state index < -0.39 is 24.2 Å². The zero-order chi connectivity index (χ0) is 44.4. The van der Waals surface area contributed by atoms with E-state index in [1.807, 2.05) is 6.08 Å². The number of allylic oxidation sites excluding steroid dienone is 3. The van der Waals surface area contributed by atoms with Gasteiger partial charge in [0, 0.05) is 0 Å². The highest BCUT2D eigenvalue weighted by atomic mass is 16.3. The highest BCUT2D eigenvalue weighted by Gasteiger charge is 2.22. The molecule has 0 bridgehead atoms. The summed E-state index contributed by atoms with van der Waals surface area (Å²) in [7, 11) is 0. The number of amides is 1. The molecule has 0 heterocycles. The number of hydrogen-bond acceptors (Lipinski definition) is 4. The first-order valence-electron chi connectivity index (χ1n) is 27.7. The largest absolute Gasteiger partial charge is 0.394 e. The van der Waals surface area contributed by atoms with Gasteiger partial charge in [-0.1, -0.05) is 282 Å². The summed E-state index contributed by atoms with van der Waals surface area (Å²) < 4.78 is 0. The lowest BCUT2D eigenvalue weighted by Crippen LogP contribution is -2.48. The van der Waals surface area contributed by atoms with Crippen molar-refractivity contribution in [2.45, 2.75) is 321 Å². The molecule has 0 aliphatic rings. The topological polar surface area (TPSA) is 89.8 Å². The molecule has 0 saturated carbocycles. The molecule has 3 unspecified atom stereocenters. The molecule has 0 rings (SSSR count). The van der Waals surface area contributed by atoms with Crippen molar-refractivity contribution in [1.29, 1.82) is 0 Å². The van der Waals surface area contributed by atoms with Crippen molar-refractivity contribution < 1.29 is 20.1 Å². The SMILES string of the molecule is CCCCCCCCCCCCCC/C=C\CCCCCCCCCCC(O)C(=O)NC(CO)C(O)/C=C/CCCCCCCCCCCCCCCCCCCCCCC. The predicted molar refractivity (Wildman–Crippen MR) is 268 cm³/mol. The van der Waals surface area contributed by atoms with Gasteiger partial charge in [-0.05, 0) is 44.9 Å². The maximum atomic E-state index is 12.5. The summed E-state index contributed by atoms with van der Waals surface area (Å²) in [4.78, 5) is 12.5. The zero-order valence-electron chi connectivity index (χ0n) is 41.3. The Morgan fingerprint density at radius 2 is 0.656 bits per heavy atom. The number of aliphatic hydroxyl groups is 3. The number of nitrogens with one attached hydrogen (secondary N) is 1. The summed E-state index contributed by atoms with van der Waals surface area (Å²) in [6.45, 7) is 4.22. The lowest BCUT2D eigenvalue weighted by atomic mass is 10.0. The minimum Gasteiger partial charge on any atom is -0.394 e. The van der Waals surface area contributed by atoms with Gasteiger partial charge in [0.25, 0.3) is 0 Å². The summed E-state index contributed by atoms with van der Waals surface area (Å²) in [6, 6.07) is -0.798. The maximum absolute atomic E-state index is 12.5. The molecule has 1 amide bonds. The van der Waals surface area contributed by atoms with Crippen molar-refractivity contribution in [2.24, 2.45) is 0 Å². The van der Waals surface area contributed by atoms with Crippen LogP contribution in [0.1, 0.15) is 303 Å². The predicted octanol–water partition coefficient (Wildman–Crippen LogP) is 16.9. The van der Waals surface area contributed by atoms with Gasteiger partial charge in [0.15, 0.2) is 0 Å². The second kappa shape index (κ2) is 51.5. The first-order chi connectivity index (χ1) is 30.1. The Labute approximate surface area is 382 Å². The van der Waals surface area contributed by atoms with Gasteiger partial charge in [-0.2, -0.15) is 0 Å². The molecule has 0 aromatic rings. The summed E-state index contributed by atoms with van der Waals surface area (Å²) in [5.74, 6) is -0.501. The summed E-state index contributed by atoms with van der Waals surface area (Å²) >= 11 is 0. The van der Waals surface area contributed by atoms with Crippen molar-refractivity contribution >= 4 is 5.91 Å². The summed E-state index contributed by atoms with van der Waals surface area (Å²) in [5.41, 5.74) is 0. The molecule has 0 radical (unpaired) electrons. The third-order valence-electron chi connectivity index (χ3n) is 13.0. The van der Waals surface area contributed by atoms with E-state index in [2.05, 4.69) is 31.3 Å². The van der Waals surface area contributed by atoms with E-state index in [4.69, 9.17) is 0 Å². The Kier molecular flexibility index (Phi) is 50.5. The van der Waals surface area contributed by atoms with Gasteiger partial charge in [0.2, 0.25) is 5.91 Å². The van der Waals surface area contributed by atoms with E-state index in [-0.39, 0.29) is 6.61 Å². The monoisotopic (exact) mass is 860 g/mol. The van der Waals surface area contributed by atoms with Crippen LogP contribution in [0.2, 0.25) is 0 Å². The van der Waals surface area contributed by atoms with Gasteiger partial charge < -0.3 is 20.6 Å².